The third-order valence-electron chi connectivity index (χ3n) is 4.85. The number of rotatable bonds is 12. The summed E-state index contributed by atoms with van der Waals surface area (Å²) < 4.78 is 16.2. The van der Waals surface area contributed by atoms with Gasteiger partial charge < -0.3 is 34.8 Å². The third-order valence-corrected chi connectivity index (χ3v) is 4.85. The minimum atomic E-state index is -1.20. The second kappa shape index (κ2) is 12.4. The van der Waals surface area contributed by atoms with Crippen molar-refractivity contribution in [3.8, 4) is 5.75 Å². The van der Waals surface area contributed by atoms with Crippen molar-refractivity contribution in [2.24, 2.45) is 0 Å². The summed E-state index contributed by atoms with van der Waals surface area (Å²) in [6, 6.07) is 8.15. The zero-order chi connectivity index (χ0) is 20.4. The fraction of sp³-hybridized carbons (Fsp3) is 0.714. The summed E-state index contributed by atoms with van der Waals surface area (Å²) in [6.07, 6.45) is 0.174. The molecule has 4 N–H and O–H groups in total. The van der Waals surface area contributed by atoms with Crippen LogP contribution < -0.4 is 10.1 Å². The van der Waals surface area contributed by atoms with Crippen molar-refractivity contribution in [2.45, 2.75) is 70.2 Å². The number of aliphatic hydroxyl groups excluding tert-OH is 3. The highest BCUT2D eigenvalue weighted by Crippen LogP contribution is 2.18. The van der Waals surface area contributed by atoms with Crippen LogP contribution >= 0.6 is 0 Å². The standard InChI is InChI=1S/C21H35NO6/c1-3-4-5-6-16-7-9-17(10-8-16)26-12-11-22-13-18(23)20(25)21-19(24)14-27-15(2)28-21/h7-10,15,18-25H,3-6,11-14H2,1-2H3/t15?,18-,19+,20+,21+/m0/s1. The Morgan fingerprint density at radius 1 is 1.21 bits per heavy atom. The molecule has 0 aliphatic carbocycles. The number of benzene rings is 1. The lowest BCUT2D eigenvalue weighted by atomic mass is 10.0. The van der Waals surface area contributed by atoms with Gasteiger partial charge in [-0.3, -0.25) is 0 Å². The molecule has 1 aliphatic heterocycles. The van der Waals surface area contributed by atoms with Gasteiger partial charge in [0, 0.05) is 13.1 Å². The first-order valence-corrected chi connectivity index (χ1v) is 10.2. The smallest absolute Gasteiger partial charge is 0.155 e. The fourth-order valence-electron chi connectivity index (χ4n) is 3.15. The first-order valence-electron chi connectivity index (χ1n) is 10.2. The molecule has 1 unspecified atom stereocenters. The van der Waals surface area contributed by atoms with Crippen LogP contribution in [0.15, 0.2) is 24.3 Å². The molecule has 0 spiro atoms. The van der Waals surface area contributed by atoms with Crippen LogP contribution in [-0.2, 0) is 15.9 Å². The maximum atomic E-state index is 10.2. The number of aryl methyl sites for hydroxylation is 1. The topological polar surface area (TPSA) is 100 Å². The molecule has 0 bridgehead atoms. The predicted octanol–water partition coefficient (Wildman–Crippen LogP) is 1.23. The van der Waals surface area contributed by atoms with Gasteiger partial charge in [0.15, 0.2) is 6.29 Å². The summed E-state index contributed by atoms with van der Waals surface area (Å²) in [5, 5.41) is 33.2. The Morgan fingerprint density at radius 3 is 2.68 bits per heavy atom. The normalized spacial score (nSPS) is 24.7. The Bertz CT molecular complexity index is 540. The summed E-state index contributed by atoms with van der Waals surface area (Å²) in [6.45, 7) is 5.11. The first kappa shape index (κ1) is 23.1. The van der Waals surface area contributed by atoms with E-state index < -0.39 is 30.7 Å². The Hall–Kier alpha value is -1.22. The first-order chi connectivity index (χ1) is 13.5. The summed E-state index contributed by atoms with van der Waals surface area (Å²) in [7, 11) is 0. The lowest BCUT2D eigenvalue weighted by Gasteiger charge is -2.36. The van der Waals surface area contributed by atoms with E-state index in [1.807, 2.05) is 12.1 Å². The Kier molecular flexibility index (Phi) is 10.2. The molecule has 5 atom stereocenters. The quantitative estimate of drug-likeness (QED) is 0.394. The van der Waals surface area contributed by atoms with Crippen LogP contribution in [0.4, 0.5) is 0 Å². The maximum Gasteiger partial charge on any atom is 0.155 e. The van der Waals surface area contributed by atoms with E-state index in [0.717, 1.165) is 12.2 Å². The van der Waals surface area contributed by atoms with E-state index >= 15 is 0 Å². The summed E-state index contributed by atoms with van der Waals surface area (Å²) in [4.78, 5) is 0. The van der Waals surface area contributed by atoms with Crippen molar-refractivity contribution < 1.29 is 29.5 Å². The van der Waals surface area contributed by atoms with Crippen LogP contribution in [0.25, 0.3) is 0 Å². The fourth-order valence-corrected chi connectivity index (χ4v) is 3.15. The van der Waals surface area contributed by atoms with E-state index in [2.05, 4.69) is 24.4 Å². The number of hydrogen-bond donors (Lipinski definition) is 4. The lowest BCUT2D eigenvalue weighted by molar-refractivity contribution is -0.271. The van der Waals surface area contributed by atoms with Gasteiger partial charge >= 0.3 is 0 Å². The van der Waals surface area contributed by atoms with Crippen molar-refractivity contribution in [3.63, 3.8) is 0 Å². The molecule has 1 aromatic carbocycles. The minimum absolute atomic E-state index is 0.0777. The van der Waals surface area contributed by atoms with Gasteiger partial charge in [0.05, 0.1) is 12.7 Å². The molecule has 28 heavy (non-hydrogen) atoms. The molecular formula is C21H35NO6. The molecule has 7 heteroatoms. The average Bonchev–Trinajstić information content (AvgIpc) is 2.70. The Balaban J connectivity index is 1.61. The van der Waals surface area contributed by atoms with Crippen LogP contribution in [0.3, 0.4) is 0 Å². The molecule has 1 saturated heterocycles. The number of ether oxygens (including phenoxy) is 3. The summed E-state index contributed by atoms with van der Waals surface area (Å²) in [5.41, 5.74) is 1.32. The van der Waals surface area contributed by atoms with Crippen molar-refractivity contribution in [3.05, 3.63) is 29.8 Å². The third kappa shape index (κ3) is 7.66. The minimum Gasteiger partial charge on any atom is -0.492 e. The molecule has 7 nitrogen and oxygen atoms in total. The average molecular weight is 398 g/mol. The van der Waals surface area contributed by atoms with Crippen LogP contribution in [0.2, 0.25) is 0 Å². The number of aliphatic hydroxyl groups is 3. The monoisotopic (exact) mass is 397 g/mol. The van der Waals surface area contributed by atoms with E-state index in [1.54, 1.807) is 6.92 Å². The molecular weight excluding hydrogens is 362 g/mol. The van der Waals surface area contributed by atoms with Crippen LogP contribution in [0, 0.1) is 0 Å². The van der Waals surface area contributed by atoms with Gasteiger partial charge in [0.25, 0.3) is 0 Å². The number of nitrogens with one attached hydrogen (secondary N) is 1. The maximum absolute atomic E-state index is 10.2. The molecule has 0 radical (unpaired) electrons. The second-order valence-corrected chi connectivity index (χ2v) is 7.28. The van der Waals surface area contributed by atoms with E-state index in [0.29, 0.717) is 13.2 Å². The highest BCUT2D eigenvalue weighted by Gasteiger charge is 2.37. The van der Waals surface area contributed by atoms with E-state index in [-0.39, 0.29) is 13.2 Å². The number of unbranched alkanes of at least 4 members (excludes halogenated alkanes) is 2. The van der Waals surface area contributed by atoms with Gasteiger partial charge in [-0.1, -0.05) is 31.9 Å². The summed E-state index contributed by atoms with van der Waals surface area (Å²) >= 11 is 0. The molecule has 0 aromatic heterocycles. The molecule has 1 heterocycles. The van der Waals surface area contributed by atoms with Crippen LogP contribution in [0.1, 0.15) is 38.7 Å². The van der Waals surface area contributed by atoms with Gasteiger partial charge in [-0.05, 0) is 37.5 Å². The molecule has 0 amide bonds. The highest BCUT2D eigenvalue weighted by molar-refractivity contribution is 5.27. The SMILES string of the molecule is CCCCCc1ccc(OCCNC[C@H](O)[C@@H](O)[C@@H]2OC(C)OC[C@H]2O)cc1. The van der Waals surface area contributed by atoms with Crippen molar-refractivity contribution >= 4 is 0 Å². The zero-order valence-electron chi connectivity index (χ0n) is 16.9. The highest BCUT2D eigenvalue weighted by atomic mass is 16.7. The van der Waals surface area contributed by atoms with Crippen molar-refractivity contribution in [1.29, 1.82) is 0 Å². The van der Waals surface area contributed by atoms with E-state index in [1.165, 1.54) is 24.8 Å². The van der Waals surface area contributed by atoms with Crippen molar-refractivity contribution in [1.82, 2.24) is 5.32 Å². The molecule has 160 valence electrons. The molecule has 1 aromatic rings. The lowest BCUT2D eigenvalue weighted by Crippen LogP contribution is -2.54. The van der Waals surface area contributed by atoms with Gasteiger partial charge in [-0.2, -0.15) is 0 Å². The van der Waals surface area contributed by atoms with Gasteiger partial charge in [0.2, 0.25) is 0 Å². The zero-order valence-corrected chi connectivity index (χ0v) is 16.9. The summed E-state index contributed by atoms with van der Waals surface area (Å²) in [5.74, 6) is 0.814. The van der Waals surface area contributed by atoms with Crippen LogP contribution in [-0.4, -0.2) is 72.3 Å². The van der Waals surface area contributed by atoms with Crippen LogP contribution in [0.5, 0.6) is 5.75 Å². The molecule has 1 aliphatic rings. The van der Waals surface area contributed by atoms with E-state index in [4.69, 9.17) is 14.2 Å². The second-order valence-electron chi connectivity index (χ2n) is 7.28. The van der Waals surface area contributed by atoms with Gasteiger partial charge in [0.1, 0.15) is 30.7 Å². The van der Waals surface area contributed by atoms with Gasteiger partial charge in [-0.15, -0.1) is 0 Å². The van der Waals surface area contributed by atoms with E-state index in [9.17, 15) is 15.3 Å². The predicted molar refractivity (Wildman–Crippen MR) is 106 cm³/mol. The molecule has 2 rings (SSSR count). The number of hydrogen-bond acceptors (Lipinski definition) is 7. The molecule has 1 fully saturated rings. The van der Waals surface area contributed by atoms with Gasteiger partial charge in [-0.25, -0.2) is 0 Å². The Morgan fingerprint density at radius 2 is 1.96 bits per heavy atom. The Labute approximate surface area is 167 Å². The molecule has 0 saturated carbocycles. The largest absolute Gasteiger partial charge is 0.492 e. The van der Waals surface area contributed by atoms with Crippen molar-refractivity contribution in [2.75, 3.05) is 26.3 Å².